The highest BCUT2D eigenvalue weighted by Gasteiger charge is 2.48. The summed E-state index contributed by atoms with van der Waals surface area (Å²) < 4.78 is 23.6. The van der Waals surface area contributed by atoms with Crippen LogP contribution >= 0.6 is 11.3 Å². The number of Topliss-reactive ketones (excluding diaryl/α,β-unsaturated/α-hetero) is 1. The third-order valence-corrected chi connectivity index (χ3v) is 8.36. The summed E-state index contributed by atoms with van der Waals surface area (Å²) in [6.07, 6.45) is 3.14. The number of hydrogen-bond donors (Lipinski definition) is 1. The Balaban J connectivity index is 1.43. The second kappa shape index (κ2) is 12.3. The number of carbonyl (C=O) groups is 2. The number of aromatic nitrogens is 1. The van der Waals surface area contributed by atoms with E-state index in [4.69, 9.17) is 23.9 Å². The molecule has 222 valence electrons. The van der Waals surface area contributed by atoms with Crippen LogP contribution in [-0.2, 0) is 9.59 Å². The molecule has 1 fully saturated rings. The van der Waals surface area contributed by atoms with Crippen molar-refractivity contribution < 1.29 is 33.6 Å². The van der Waals surface area contributed by atoms with E-state index in [1.807, 2.05) is 49.4 Å². The first kappa shape index (κ1) is 28.5. The van der Waals surface area contributed by atoms with E-state index in [0.717, 1.165) is 24.0 Å². The van der Waals surface area contributed by atoms with E-state index in [1.54, 1.807) is 18.2 Å². The Morgan fingerprint density at radius 1 is 0.953 bits per heavy atom. The monoisotopic (exact) mass is 600 g/mol. The quantitative estimate of drug-likeness (QED) is 0.0932. The van der Waals surface area contributed by atoms with Crippen molar-refractivity contribution in [3.05, 3.63) is 77.4 Å². The molecule has 1 N–H and O–H groups in total. The molecular formula is C33H32N2O7S. The largest absolute Gasteiger partial charge is 0.507 e. The number of fused-ring (bicyclic) bond motifs is 2. The highest BCUT2D eigenvalue weighted by molar-refractivity contribution is 7.22. The minimum absolute atomic E-state index is 0.0347. The summed E-state index contributed by atoms with van der Waals surface area (Å²) in [4.78, 5) is 33.4. The molecule has 1 atom stereocenters. The smallest absolute Gasteiger partial charge is 0.301 e. The predicted molar refractivity (Wildman–Crippen MR) is 164 cm³/mol. The van der Waals surface area contributed by atoms with E-state index in [-0.39, 0.29) is 11.3 Å². The van der Waals surface area contributed by atoms with E-state index in [9.17, 15) is 14.7 Å². The van der Waals surface area contributed by atoms with Crippen LogP contribution in [0.5, 0.6) is 23.0 Å². The van der Waals surface area contributed by atoms with Gasteiger partial charge < -0.3 is 24.1 Å². The number of ketones is 1. The van der Waals surface area contributed by atoms with E-state index in [0.29, 0.717) is 71.2 Å². The maximum absolute atomic E-state index is 13.7. The molecule has 43 heavy (non-hydrogen) atoms. The second-order valence-electron chi connectivity index (χ2n) is 10.2. The summed E-state index contributed by atoms with van der Waals surface area (Å²) in [6, 6.07) is 16.8. The number of amides is 1. The number of unbranched alkanes of at least 4 members (excludes halogenated alkanes) is 2. The molecule has 0 saturated carbocycles. The average molecular weight is 601 g/mol. The van der Waals surface area contributed by atoms with Gasteiger partial charge in [-0.25, -0.2) is 4.98 Å². The molecule has 3 aromatic carbocycles. The Morgan fingerprint density at radius 2 is 1.72 bits per heavy atom. The standard InChI is InChI=1S/C33H32N2O7S/c1-3-5-6-15-40-22-10-7-20(8-11-22)29-28(30(36)21-9-14-25-26(18-21)42-17-16-41-25)31(37)32(38)35(29)33-34-24-13-12-23(39-4-2)19-27(24)43-33/h7-14,18-19,29,36H,3-6,15-17H2,1-2H3/t29-/m1/s1. The van der Waals surface area contributed by atoms with Crippen LogP contribution in [0.15, 0.2) is 66.2 Å². The molecule has 1 amide bonds. The Labute approximate surface area is 253 Å². The lowest BCUT2D eigenvalue weighted by Gasteiger charge is -2.23. The molecule has 3 heterocycles. The predicted octanol–water partition coefficient (Wildman–Crippen LogP) is 6.66. The van der Waals surface area contributed by atoms with E-state index >= 15 is 0 Å². The van der Waals surface area contributed by atoms with Gasteiger partial charge in [0.2, 0.25) is 0 Å². The van der Waals surface area contributed by atoms with Crippen molar-refractivity contribution in [2.75, 3.05) is 31.3 Å². The van der Waals surface area contributed by atoms with Crippen LogP contribution in [0.3, 0.4) is 0 Å². The van der Waals surface area contributed by atoms with Crippen LogP contribution in [0, 0.1) is 0 Å². The fourth-order valence-electron chi connectivity index (χ4n) is 5.23. The van der Waals surface area contributed by atoms with Gasteiger partial charge in [-0.2, -0.15) is 0 Å². The van der Waals surface area contributed by atoms with Gasteiger partial charge in [-0.3, -0.25) is 14.5 Å². The molecule has 0 bridgehead atoms. The van der Waals surface area contributed by atoms with Crippen molar-refractivity contribution >= 4 is 44.1 Å². The first-order chi connectivity index (χ1) is 21.0. The van der Waals surface area contributed by atoms with E-state index in [1.165, 1.54) is 16.2 Å². The number of anilines is 1. The third-order valence-electron chi connectivity index (χ3n) is 7.34. The van der Waals surface area contributed by atoms with Gasteiger partial charge in [-0.15, -0.1) is 0 Å². The number of benzene rings is 3. The fraction of sp³-hybridized carbons (Fsp3) is 0.303. The highest BCUT2D eigenvalue weighted by atomic mass is 32.1. The maximum Gasteiger partial charge on any atom is 0.301 e. The number of nitrogens with zero attached hydrogens (tertiary/aromatic N) is 2. The molecule has 0 spiro atoms. The minimum atomic E-state index is -0.922. The van der Waals surface area contributed by atoms with Gasteiger partial charge in [0.15, 0.2) is 16.6 Å². The van der Waals surface area contributed by atoms with Gasteiger partial charge in [-0.1, -0.05) is 43.2 Å². The molecule has 2 aliphatic heterocycles. The summed E-state index contributed by atoms with van der Waals surface area (Å²) >= 11 is 1.28. The molecule has 1 aromatic heterocycles. The molecule has 6 rings (SSSR count). The highest BCUT2D eigenvalue weighted by Crippen LogP contribution is 2.45. The van der Waals surface area contributed by atoms with E-state index < -0.39 is 17.7 Å². The second-order valence-corrected chi connectivity index (χ2v) is 11.2. The molecule has 1 saturated heterocycles. The fourth-order valence-corrected chi connectivity index (χ4v) is 6.25. The Morgan fingerprint density at radius 3 is 2.49 bits per heavy atom. The van der Waals surface area contributed by atoms with Gasteiger partial charge >= 0.3 is 5.91 Å². The molecular weight excluding hydrogens is 568 g/mol. The summed E-state index contributed by atoms with van der Waals surface area (Å²) in [5.74, 6) is 0.517. The van der Waals surface area contributed by atoms with Crippen LogP contribution in [-0.4, -0.2) is 48.2 Å². The first-order valence-corrected chi connectivity index (χ1v) is 15.3. The zero-order valence-corrected chi connectivity index (χ0v) is 24.8. The SMILES string of the molecule is CCCCCOc1ccc([C@@H]2C(=C(O)c3ccc4c(c3)OCCO4)C(=O)C(=O)N2c2nc3ccc(OCC)cc3s2)cc1. The average Bonchev–Trinajstić information content (AvgIpc) is 3.56. The van der Waals surface area contributed by atoms with Crippen molar-refractivity contribution in [1.82, 2.24) is 4.98 Å². The molecule has 0 unspecified atom stereocenters. The van der Waals surface area contributed by atoms with Gasteiger partial charge in [0.05, 0.1) is 35.0 Å². The normalized spacial score (nSPS) is 17.4. The first-order valence-electron chi connectivity index (χ1n) is 14.5. The van der Waals surface area contributed by atoms with E-state index in [2.05, 4.69) is 6.92 Å². The summed E-state index contributed by atoms with van der Waals surface area (Å²) in [6.45, 7) is 5.97. The van der Waals surface area contributed by atoms with Crippen molar-refractivity contribution in [3.63, 3.8) is 0 Å². The Hall–Kier alpha value is -4.57. The van der Waals surface area contributed by atoms with Gasteiger partial charge in [0.1, 0.15) is 30.5 Å². The molecule has 2 aliphatic rings. The van der Waals surface area contributed by atoms with Crippen molar-refractivity contribution in [1.29, 1.82) is 0 Å². The third kappa shape index (κ3) is 5.62. The zero-order valence-electron chi connectivity index (χ0n) is 24.0. The molecule has 9 nitrogen and oxygen atoms in total. The summed E-state index contributed by atoms with van der Waals surface area (Å²) in [5.41, 5.74) is 1.61. The molecule has 10 heteroatoms. The van der Waals surface area contributed by atoms with Crippen LogP contribution in [0.1, 0.15) is 50.3 Å². The number of rotatable bonds is 10. The topological polar surface area (TPSA) is 107 Å². The molecule has 4 aromatic rings. The molecule has 0 aliphatic carbocycles. The number of ether oxygens (including phenoxy) is 4. The lowest BCUT2D eigenvalue weighted by Crippen LogP contribution is -2.29. The van der Waals surface area contributed by atoms with Crippen molar-refractivity contribution in [3.8, 4) is 23.0 Å². The van der Waals surface area contributed by atoms with Crippen LogP contribution in [0.4, 0.5) is 5.13 Å². The van der Waals surface area contributed by atoms with Gasteiger partial charge in [0.25, 0.3) is 5.78 Å². The van der Waals surface area contributed by atoms with Gasteiger partial charge in [0, 0.05) is 5.56 Å². The maximum atomic E-state index is 13.7. The van der Waals surface area contributed by atoms with Crippen LogP contribution in [0.25, 0.3) is 16.0 Å². The lowest BCUT2D eigenvalue weighted by molar-refractivity contribution is -0.132. The number of carbonyl (C=O) groups excluding carboxylic acids is 2. The van der Waals surface area contributed by atoms with Crippen molar-refractivity contribution in [2.24, 2.45) is 0 Å². The van der Waals surface area contributed by atoms with Crippen LogP contribution < -0.4 is 23.8 Å². The lowest BCUT2D eigenvalue weighted by atomic mass is 9.95. The van der Waals surface area contributed by atoms with Gasteiger partial charge in [-0.05, 0) is 67.4 Å². The van der Waals surface area contributed by atoms with Crippen LogP contribution in [0.2, 0.25) is 0 Å². The zero-order chi connectivity index (χ0) is 29.9. The summed E-state index contributed by atoms with van der Waals surface area (Å²) in [7, 11) is 0. The number of hydrogen-bond acceptors (Lipinski definition) is 9. The minimum Gasteiger partial charge on any atom is -0.507 e. The Bertz CT molecular complexity index is 1700. The van der Waals surface area contributed by atoms with Crippen molar-refractivity contribution in [2.45, 2.75) is 39.2 Å². The molecule has 0 radical (unpaired) electrons. The number of aliphatic hydroxyl groups is 1. The number of thiazole rings is 1. The summed E-state index contributed by atoms with van der Waals surface area (Å²) in [5, 5.41) is 11.9. The number of aliphatic hydroxyl groups excluding tert-OH is 1. The Kier molecular flexibility index (Phi) is 8.20.